The number of halogens is 1. The Morgan fingerprint density at radius 1 is 1.12 bits per heavy atom. The summed E-state index contributed by atoms with van der Waals surface area (Å²) in [6, 6.07) is 0. The Hall–Kier alpha value is -1.14. The molecule has 6 nitrogen and oxygen atoms in total. The molecule has 7 heteroatoms. The Labute approximate surface area is 107 Å². The molecule has 1 aromatic heterocycles. The second kappa shape index (κ2) is 8.95. The SMILES string of the molecule is CCNc1nc(Cl)nc(N(CC)CC)n1.C[O]. The average Bonchev–Trinajstić information content (AvgIpc) is 2.33. The Balaban J connectivity index is 0.00000121. The molecule has 1 rings (SSSR count). The van der Waals surface area contributed by atoms with E-state index in [4.69, 9.17) is 16.7 Å². The number of nitrogens with zero attached hydrogens (tertiary/aromatic N) is 4. The summed E-state index contributed by atoms with van der Waals surface area (Å²) >= 11 is 5.81. The minimum atomic E-state index is 0.225. The normalized spacial score (nSPS) is 9.29. The van der Waals surface area contributed by atoms with Gasteiger partial charge in [0.2, 0.25) is 17.2 Å². The standard InChI is InChI=1S/C9H16ClN5.CH3O/c1-4-11-8-12-7(10)13-9(14-8)15(5-2)6-3;1-2/h4-6H2,1-3H3,(H,11,12,13,14);1H3. The van der Waals surface area contributed by atoms with Crippen LogP contribution >= 0.6 is 11.6 Å². The van der Waals surface area contributed by atoms with E-state index in [2.05, 4.69) is 20.3 Å². The number of aromatic nitrogens is 3. The fourth-order valence-corrected chi connectivity index (χ4v) is 1.38. The van der Waals surface area contributed by atoms with E-state index in [1.807, 2.05) is 25.7 Å². The van der Waals surface area contributed by atoms with Crippen molar-refractivity contribution >= 4 is 23.5 Å². The van der Waals surface area contributed by atoms with Crippen molar-refractivity contribution in [2.24, 2.45) is 0 Å². The molecule has 1 radical (unpaired) electrons. The van der Waals surface area contributed by atoms with Gasteiger partial charge in [0.1, 0.15) is 0 Å². The molecule has 0 aliphatic carbocycles. The minimum absolute atomic E-state index is 0.225. The smallest absolute Gasteiger partial charge is 0.231 e. The Bertz CT molecular complexity index is 320. The van der Waals surface area contributed by atoms with Gasteiger partial charge >= 0.3 is 0 Å². The predicted molar refractivity (Wildman–Crippen MR) is 69.2 cm³/mol. The van der Waals surface area contributed by atoms with Gasteiger partial charge < -0.3 is 10.2 Å². The van der Waals surface area contributed by atoms with Gasteiger partial charge in [0.25, 0.3) is 0 Å². The van der Waals surface area contributed by atoms with Crippen molar-refractivity contribution in [1.29, 1.82) is 0 Å². The Morgan fingerprint density at radius 3 is 2.18 bits per heavy atom. The highest BCUT2D eigenvalue weighted by Crippen LogP contribution is 2.13. The van der Waals surface area contributed by atoms with Crippen LogP contribution in [0, 0.1) is 0 Å². The highest BCUT2D eigenvalue weighted by Gasteiger charge is 2.09. The maximum Gasteiger partial charge on any atom is 0.231 e. The summed E-state index contributed by atoms with van der Waals surface area (Å²) in [5.41, 5.74) is 0. The van der Waals surface area contributed by atoms with E-state index in [1.165, 1.54) is 0 Å². The molecule has 0 aliphatic rings. The molecule has 0 unspecified atom stereocenters. The number of nitrogens with one attached hydrogen (secondary N) is 1. The zero-order valence-electron chi connectivity index (χ0n) is 10.7. The van der Waals surface area contributed by atoms with Gasteiger partial charge in [-0.3, -0.25) is 0 Å². The van der Waals surface area contributed by atoms with Crippen LogP contribution in [0.2, 0.25) is 5.28 Å². The number of rotatable bonds is 5. The molecule has 0 atom stereocenters. The molecule has 1 aromatic rings. The van der Waals surface area contributed by atoms with Gasteiger partial charge in [-0.25, -0.2) is 5.11 Å². The second-order valence-electron chi connectivity index (χ2n) is 2.93. The van der Waals surface area contributed by atoms with Crippen LogP contribution in [0.15, 0.2) is 0 Å². The van der Waals surface area contributed by atoms with E-state index in [9.17, 15) is 0 Å². The van der Waals surface area contributed by atoms with E-state index < -0.39 is 0 Å². The number of hydrogen-bond acceptors (Lipinski definition) is 5. The summed E-state index contributed by atoms with van der Waals surface area (Å²) in [7, 11) is 0.750. The summed E-state index contributed by atoms with van der Waals surface area (Å²) < 4.78 is 0. The monoisotopic (exact) mass is 260 g/mol. The lowest BCUT2D eigenvalue weighted by molar-refractivity contribution is 0.282. The van der Waals surface area contributed by atoms with Crippen molar-refractivity contribution in [3.8, 4) is 0 Å². The van der Waals surface area contributed by atoms with Crippen LogP contribution < -0.4 is 10.2 Å². The zero-order chi connectivity index (χ0) is 13.3. The van der Waals surface area contributed by atoms with Gasteiger partial charge in [-0.15, -0.1) is 0 Å². The molecule has 1 heterocycles. The largest absolute Gasteiger partial charge is 0.354 e. The highest BCUT2D eigenvalue weighted by molar-refractivity contribution is 6.28. The van der Waals surface area contributed by atoms with E-state index >= 15 is 0 Å². The molecule has 0 aliphatic heterocycles. The van der Waals surface area contributed by atoms with Crippen LogP contribution in [0.5, 0.6) is 0 Å². The summed E-state index contributed by atoms with van der Waals surface area (Å²) in [4.78, 5) is 14.4. The topological polar surface area (TPSA) is 73.8 Å². The minimum Gasteiger partial charge on any atom is -0.354 e. The number of anilines is 2. The highest BCUT2D eigenvalue weighted by atomic mass is 35.5. The summed E-state index contributed by atoms with van der Waals surface area (Å²) in [6.45, 7) is 8.54. The van der Waals surface area contributed by atoms with Crippen LogP contribution in [-0.2, 0) is 5.11 Å². The van der Waals surface area contributed by atoms with E-state index in [1.54, 1.807) is 0 Å². The van der Waals surface area contributed by atoms with E-state index in [-0.39, 0.29) is 5.28 Å². The van der Waals surface area contributed by atoms with Crippen molar-refractivity contribution in [2.75, 3.05) is 37.0 Å². The molecule has 0 spiro atoms. The maximum atomic E-state index is 8.25. The van der Waals surface area contributed by atoms with Gasteiger partial charge in [0.15, 0.2) is 0 Å². The molecular weight excluding hydrogens is 242 g/mol. The third-order valence-electron chi connectivity index (χ3n) is 1.98. The Kier molecular flexibility index (Phi) is 8.35. The predicted octanol–water partition coefficient (Wildman–Crippen LogP) is 1.85. The first-order chi connectivity index (χ1) is 8.21. The lowest BCUT2D eigenvalue weighted by atomic mass is 10.5. The molecule has 0 saturated carbocycles. The lowest BCUT2D eigenvalue weighted by Crippen LogP contribution is -2.25. The Morgan fingerprint density at radius 2 is 1.71 bits per heavy atom. The van der Waals surface area contributed by atoms with Crippen LogP contribution in [0.3, 0.4) is 0 Å². The van der Waals surface area contributed by atoms with Crippen molar-refractivity contribution < 1.29 is 5.11 Å². The molecule has 0 amide bonds. The first kappa shape index (κ1) is 15.9. The van der Waals surface area contributed by atoms with Crippen molar-refractivity contribution in [3.05, 3.63) is 5.28 Å². The fraction of sp³-hybridized carbons (Fsp3) is 0.700. The molecule has 0 bridgehead atoms. The van der Waals surface area contributed by atoms with E-state index in [0.29, 0.717) is 11.9 Å². The number of hydrogen-bond donors (Lipinski definition) is 1. The van der Waals surface area contributed by atoms with Gasteiger partial charge in [-0.1, -0.05) is 0 Å². The molecule has 0 fully saturated rings. The van der Waals surface area contributed by atoms with Gasteiger partial charge in [-0.2, -0.15) is 15.0 Å². The van der Waals surface area contributed by atoms with Crippen LogP contribution in [0.25, 0.3) is 0 Å². The second-order valence-corrected chi connectivity index (χ2v) is 3.27. The molecule has 0 saturated heterocycles. The third-order valence-corrected chi connectivity index (χ3v) is 2.15. The van der Waals surface area contributed by atoms with Crippen LogP contribution in [0.1, 0.15) is 20.8 Å². The van der Waals surface area contributed by atoms with Crippen molar-refractivity contribution in [3.63, 3.8) is 0 Å². The molecule has 17 heavy (non-hydrogen) atoms. The average molecular weight is 261 g/mol. The lowest BCUT2D eigenvalue weighted by Gasteiger charge is -2.18. The first-order valence-electron chi connectivity index (χ1n) is 5.52. The molecule has 0 aromatic carbocycles. The molecular formula is C10H19ClN5O. The summed E-state index contributed by atoms with van der Waals surface area (Å²) in [6.07, 6.45) is 0. The maximum absolute atomic E-state index is 8.25. The van der Waals surface area contributed by atoms with Crippen LogP contribution in [-0.4, -0.2) is 41.7 Å². The third kappa shape index (κ3) is 5.14. The van der Waals surface area contributed by atoms with E-state index in [0.717, 1.165) is 26.7 Å². The van der Waals surface area contributed by atoms with Crippen LogP contribution in [0.4, 0.5) is 11.9 Å². The van der Waals surface area contributed by atoms with Gasteiger partial charge in [-0.05, 0) is 32.4 Å². The summed E-state index contributed by atoms with van der Waals surface area (Å²) in [5, 5.41) is 11.5. The quantitative estimate of drug-likeness (QED) is 0.875. The van der Waals surface area contributed by atoms with Crippen molar-refractivity contribution in [1.82, 2.24) is 15.0 Å². The molecule has 1 N–H and O–H groups in total. The first-order valence-corrected chi connectivity index (χ1v) is 5.90. The van der Waals surface area contributed by atoms with Gasteiger partial charge in [0.05, 0.1) is 7.11 Å². The fourth-order valence-electron chi connectivity index (χ4n) is 1.22. The summed E-state index contributed by atoms with van der Waals surface area (Å²) in [5.74, 6) is 1.15. The zero-order valence-corrected chi connectivity index (χ0v) is 11.5. The van der Waals surface area contributed by atoms with Crippen molar-refractivity contribution in [2.45, 2.75) is 20.8 Å². The molecule has 97 valence electrons. The van der Waals surface area contributed by atoms with Gasteiger partial charge in [0, 0.05) is 19.6 Å².